The molecule has 1 fully saturated rings. The van der Waals surface area contributed by atoms with Crippen LogP contribution in [-0.4, -0.2) is 11.1 Å². The van der Waals surface area contributed by atoms with Gasteiger partial charge in [0.15, 0.2) is 0 Å². The maximum Gasteiger partial charge on any atom is 0.303 e. The van der Waals surface area contributed by atoms with E-state index in [9.17, 15) is 4.79 Å². The largest absolute Gasteiger partial charge is 0.481 e. The third-order valence-corrected chi connectivity index (χ3v) is 4.46. The zero-order valence-electron chi connectivity index (χ0n) is 13.6. The minimum Gasteiger partial charge on any atom is -0.481 e. The van der Waals surface area contributed by atoms with Crippen molar-refractivity contribution in [1.29, 1.82) is 0 Å². The predicted molar refractivity (Wildman–Crippen MR) is 89.4 cm³/mol. The van der Waals surface area contributed by atoms with Gasteiger partial charge in [-0.15, -0.1) is 0 Å². The van der Waals surface area contributed by atoms with E-state index in [2.05, 4.69) is 25.2 Å². The van der Waals surface area contributed by atoms with Crippen LogP contribution in [0.3, 0.4) is 0 Å². The van der Waals surface area contributed by atoms with E-state index < -0.39 is 5.97 Å². The van der Waals surface area contributed by atoms with Crippen LogP contribution >= 0.6 is 0 Å². The van der Waals surface area contributed by atoms with E-state index in [0.717, 1.165) is 18.3 Å². The molecular formula is C19H32O2. The van der Waals surface area contributed by atoms with Crippen molar-refractivity contribution >= 4 is 5.97 Å². The van der Waals surface area contributed by atoms with Crippen molar-refractivity contribution < 1.29 is 9.90 Å². The van der Waals surface area contributed by atoms with Gasteiger partial charge in [-0.05, 0) is 50.4 Å². The van der Waals surface area contributed by atoms with Crippen molar-refractivity contribution in [2.75, 3.05) is 0 Å². The van der Waals surface area contributed by atoms with Gasteiger partial charge in [0.2, 0.25) is 0 Å². The Labute approximate surface area is 130 Å². The van der Waals surface area contributed by atoms with E-state index in [1.54, 1.807) is 0 Å². The van der Waals surface area contributed by atoms with Gasteiger partial charge in [0.1, 0.15) is 0 Å². The summed E-state index contributed by atoms with van der Waals surface area (Å²) in [5.74, 6) is 0.822. The zero-order valence-corrected chi connectivity index (χ0v) is 13.6. The summed E-state index contributed by atoms with van der Waals surface area (Å²) in [5, 5.41) is 8.60. The molecule has 0 aliphatic heterocycles. The summed E-state index contributed by atoms with van der Waals surface area (Å²) in [6.45, 7) is 2.25. The van der Waals surface area contributed by atoms with Crippen LogP contribution < -0.4 is 0 Å². The second-order valence-electron chi connectivity index (χ2n) is 6.27. The van der Waals surface area contributed by atoms with E-state index in [1.807, 2.05) is 6.08 Å². The predicted octanol–water partition coefficient (Wildman–Crippen LogP) is 5.74. The SMILES string of the molecule is CCCCCC/C=C/[C@H]1CCC[C@@H]1C/C=C\CCC(=O)O. The fraction of sp³-hybridized carbons (Fsp3) is 0.737. The Morgan fingerprint density at radius 1 is 1.10 bits per heavy atom. The molecule has 0 aromatic rings. The number of carboxylic acids is 1. The Morgan fingerprint density at radius 2 is 1.95 bits per heavy atom. The Kier molecular flexibility index (Phi) is 9.94. The standard InChI is InChI=1S/C19H32O2/c1-2-3-4-5-6-8-12-17-14-11-15-18(17)13-9-7-10-16-19(20)21/h7-9,12,17-18H,2-6,10-11,13-16H2,1H3,(H,20,21)/b9-7-,12-8+/t17-,18-/m0/s1. The number of unbranched alkanes of at least 4 members (excludes halogenated alkanes) is 4. The topological polar surface area (TPSA) is 37.3 Å². The highest BCUT2D eigenvalue weighted by Crippen LogP contribution is 2.35. The summed E-state index contributed by atoms with van der Waals surface area (Å²) < 4.78 is 0. The normalized spacial score (nSPS) is 22.5. The van der Waals surface area contributed by atoms with Gasteiger partial charge >= 0.3 is 5.97 Å². The molecule has 0 saturated heterocycles. The third kappa shape index (κ3) is 8.75. The molecule has 120 valence electrons. The van der Waals surface area contributed by atoms with Crippen molar-refractivity contribution in [3.63, 3.8) is 0 Å². The molecule has 2 nitrogen and oxygen atoms in total. The molecule has 2 atom stereocenters. The number of allylic oxidation sites excluding steroid dienone is 4. The first-order valence-electron chi connectivity index (χ1n) is 8.77. The van der Waals surface area contributed by atoms with Gasteiger partial charge < -0.3 is 5.11 Å². The molecule has 0 aromatic carbocycles. The summed E-state index contributed by atoms with van der Waals surface area (Å²) in [6, 6.07) is 0. The van der Waals surface area contributed by atoms with Gasteiger partial charge in [0.05, 0.1) is 0 Å². The second kappa shape index (κ2) is 11.6. The van der Waals surface area contributed by atoms with Crippen LogP contribution in [0, 0.1) is 11.8 Å². The van der Waals surface area contributed by atoms with Gasteiger partial charge in [-0.2, -0.15) is 0 Å². The van der Waals surface area contributed by atoms with Gasteiger partial charge in [0, 0.05) is 6.42 Å². The molecule has 1 saturated carbocycles. The molecule has 21 heavy (non-hydrogen) atoms. The quantitative estimate of drug-likeness (QED) is 0.389. The van der Waals surface area contributed by atoms with Gasteiger partial charge in [-0.1, -0.05) is 56.9 Å². The lowest BCUT2D eigenvalue weighted by Gasteiger charge is -2.13. The van der Waals surface area contributed by atoms with Crippen molar-refractivity contribution in [2.45, 2.75) is 77.6 Å². The first-order chi connectivity index (χ1) is 10.2. The van der Waals surface area contributed by atoms with E-state index >= 15 is 0 Å². The van der Waals surface area contributed by atoms with E-state index in [-0.39, 0.29) is 6.42 Å². The van der Waals surface area contributed by atoms with Crippen LogP contribution in [0.1, 0.15) is 77.6 Å². The minimum atomic E-state index is -0.704. The molecule has 0 amide bonds. The molecule has 2 heteroatoms. The Bertz CT molecular complexity index is 330. The molecule has 1 N–H and O–H groups in total. The minimum absolute atomic E-state index is 0.252. The Hall–Kier alpha value is -1.05. The van der Waals surface area contributed by atoms with Crippen molar-refractivity contribution in [2.24, 2.45) is 11.8 Å². The van der Waals surface area contributed by atoms with Crippen LogP contribution in [0.2, 0.25) is 0 Å². The highest BCUT2D eigenvalue weighted by Gasteiger charge is 2.23. The maximum atomic E-state index is 10.4. The number of aliphatic carboxylic acids is 1. The van der Waals surface area contributed by atoms with Gasteiger partial charge in [-0.3, -0.25) is 4.79 Å². The summed E-state index contributed by atoms with van der Waals surface area (Å²) in [5.41, 5.74) is 0. The van der Waals surface area contributed by atoms with Crippen molar-refractivity contribution in [1.82, 2.24) is 0 Å². The number of rotatable bonds is 11. The molecule has 0 bridgehead atoms. The van der Waals surface area contributed by atoms with Crippen LogP contribution in [-0.2, 0) is 4.79 Å². The number of carboxylic acid groups (broad SMARTS) is 1. The number of hydrogen-bond donors (Lipinski definition) is 1. The lowest BCUT2D eigenvalue weighted by molar-refractivity contribution is -0.136. The van der Waals surface area contributed by atoms with Crippen LogP contribution in [0.25, 0.3) is 0 Å². The van der Waals surface area contributed by atoms with Crippen molar-refractivity contribution in [3.05, 3.63) is 24.3 Å². The monoisotopic (exact) mass is 292 g/mol. The molecule has 1 rings (SSSR count). The first kappa shape index (κ1) is 18.0. The summed E-state index contributed by atoms with van der Waals surface area (Å²) in [4.78, 5) is 10.4. The van der Waals surface area contributed by atoms with E-state index in [1.165, 1.54) is 51.4 Å². The van der Waals surface area contributed by atoms with Gasteiger partial charge in [0.25, 0.3) is 0 Å². The van der Waals surface area contributed by atoms with Crippen LogP contribution in [0.4, 0.5) is 0 Å². The smallest absolute Gasteiger partial charge is 0.303 e. The number of carbonyl (C=O) groups is 1. The third-order valence-electron chi connectivity index (χ3n) is 4.46. The van der Waals surface area contributed by atoms with Crippen LogP contribution in [0.15, 0.2) is 24.3 Å². The molecule has 0 spiro atoms. The summed E-state index contributed by atoms with van der Waals surface area (Å²) in [7, 11) is 0. The highest BCUT2D eigenvalue weighted by atomic mass is 16.4. The lowest BCUT2D eigenvalue weighted by atomic mass is 9.92. The maximum absolute atomic E-state index is 10.4. The Balaban J connectivity index is 2.18. The first-order valence-corrected chi connectivity index (χ1v) is 8.77. The molecule has 0 aromatic heterocycles. The summed E-state index contributed by atoms with van der Waals surface area (Å²) >= 11 is 0. The molecule has 1 aliphatic carbocycles. The van der Waals surface area contributed by atoms with E-state index in [4.69, 9.17) is 5.11 Å². The second-order valence-corrected chi connectivity index (χ2v) is 6.27. The molecule has 1 aliphatic rings. The molecule has 0 radical (unpaired) electrons. The van der Waals surface area contributed by atoms with E-state index in [0.29, 0.717) is 6.42 Å². The fourth-order valence-electron chi connectivity index (χ4n) is 3.17. The average molecular weight is 292 g/mol. The lowest BCUT2D eigenvalue weighted by Crippen LogP contribution is -2.03. The fourth-order valence-corrected chi connectivity index (χ4v) is 3.17. The highest BCUT2D eigenvalue weighted by molar-refractivity contribution is 5.66. The molecule has 0 heterocycles. The summed E-state index contributed by atoms with van der Waals surface area (Å²) in [6.07, 6.45) is 21.7. The van der Waals surface area contributed by atoms with Crippen molar-refractivity contribution in [3.8, 4) is 0 Å². The Morgan fingerprint density at radius 3 is 2.71 bits per heavy atom. The number of hydrogen-bond acceptors (Lipinski definition) is 1. The molecular weight excluding hydrogens is 260 g/mol. The van der Waals surface area contributed by atoms with Crippen LogP contribution in [0.5, 0.6) is 0 Å². The van der Waals surface area contributed by atoms with Gasteiger partial charge in [-0.25, -0.2) is 0 Å². The average Bonchev–Trinajstić information content (AvgIpc) is 2.89. The molecule has 0 unspecified atom stereocenters. The zero-order chi connectivity index (χ0) is 15.3.